The molecule has 2 aliphatic carbocycles. The Balaban J connectivity index is 1.74. The third-order valence-corrected chi connectivity index (χ3v) is 7.80. The van der Waals surface area contributed by atoms with Crippen LogP contribution in [0.15, 0.2) is 11.6 Å². The number of carbonyl (C=O) groups excluding carboxylic acids is 2. The number of halogens is 3. The van der Waals surface area contributed by atoms with E-state index >= 15 is 0 Å². The van der Waals surface area contributed by atoms with Gasteiger partial charge in [0.05, 0.1) is 12.1 Å². The normalized spacial score (nSPS) is 42.5. The molecule has 0 spiro atoms. The van der Waals surface area contributed by atoms with Gasteiger partial charge in [0.15, 0.2) is 0 Å². The van der Waals surface area contributed by atoms with Crippen molar-refractivity contribution in [1.29, 1.82) is 0 Å². The summed E-state index contributed by atoms with van der Waals surface area (Å²) in [6, 6.07) is 0.0216. The van der Waals surface area contributed by atoms with Crippen LogP contribution in [0.5, 0.6) is 0 Å². The van der Waals surface area contributed by atoms with Crippen LogP contribution < -0.4 is 5.43 Å². The van der Waals surface area contributed by atoms with E-state index in [0.29, 0.717) is 3.92 Å². The van der Waals surface area contributed by atoms with Gasteiger partial charge in [0, 0.05) is 19.1 Å². The number of rotatable bonds is 2. The lowest BCUT2D eigenvalue weighted by Crippen LogP contribution is -2.46. The van der Waals surface area contributed by atoms with Crippen LogP contribution in [0.2, 0.25) is 0 Å². The molecule has 5 nitrogen and oxygen atoms in total. The highest BCUT2D eigenvalue weighted by Gasteiger charge is 2.41. The van der Waals surface area contributed by atoms with E-state index in [-0.39, 0.29) is 38.6 Å². The van der Waals surface area contributed by atoms with E-state index in [1.165, 1.54) is 5.01 Å². The molecule has 0 bridgehead atoms. The first kappa shape index (κ1) is 19.2. The van der Waals surface area contributed by atoms with E-state index in [9.17, 15) is 14.7 Å². The van der Waals surface area contributed by atoms with Crippen molar-refractivity contribution >= 4 is 68.6 Å². The Morgan fingerprint density at radius 2 is 1.83 bits per heavy atom. The Labute approximate surface area is 174 Å². The molecule has 4 unspecified atom stereocenters. The number of aliphatic hydroxyl groups is 1. The van der Waals surface area contributed by atoms with Crippen molar-refractivity contribution in [3.8, 4) is 0 Å². The molecule has 0 radical (unpaired) electrons. The maximum absolute atomic E-state index is 12.7. The van der Waals surface area contributed by atoms with Crippen LogP contribution in [-0.4, -0.2) is 47.3 Å². The molecule has 1 aliphatic heterocycles. The van der Waals surface area contributed by atoms with E-state index in [1.807, 2.05) is 0 Å². The van der Waals surface area contributed by atoms with Crippen LogP contribution in [-0.2, 0) is 9.59 Å². The Kier molecular flexibility index (Phi) is 6.35. The van der Waals surface area contributed by atoms with E-state index < -0.39 is 6.10 Å². The monoisotopic (exact) mass is 578 g/mol. The molecular weight excluding hydrogens is 557 g/mol. The van der Waals surface area contributed by atoms with Crippen molar-refractivity contribution < 1.29 is 14.7 Å². The zero-order valence-electron chi connectivity index (χ0n) is 13.1. The molecule has 24 heavy (non-hydrogen) atoms. The number of hydrogen-bond donors (Lipinski definition) is 2. The average molecular weight is 579 g/mol. The van der Waals surface area contributed by atoms with Crippen molar-refractivity contribution in [3.63, 3.8) is 0 Å². The number of amides is 2. The summed E-state index contributed by atoms with van der Waals surface area (Å²) in [6.45, 7) is 0. The minimum Gasteiger partial charge on any atom is -0.391 e. The standard InChI is InChI=1S/C16H21ClI2N2O3/c17-9-1-3-11(4-2-9)21-16(24)12(15(23)20-21)6-8-5-10(18)7-13(19)14(8)22/h6,8-11,13-14,22H,1-5,7H2,(H,20,23)/b12-6+. The average Bonchev–Trinajstić information content (AvgIpc) is 2.81. The fourth-order valence-electron chi connectivity index (χ4n) is 3.71. The molecule has 3 rings (SSSR count). The van der Waals surface area contributed by atoms with Crippen LogP contribution in [0.3, 0.4) is 0 Å². The molecule has 2 N–H and O–H groups in total. The van der Waals surface area contributed by atoms with Crippen molar-refractivity contribution in [3.05, 3.63) is 11.6 Å². The molecule has 2 saturated carbocycles. The van der Waals surface area contributed by atoms with Gasteiger partial charge in [-0.2, -0.15) is 0 Å². The van der Waals surface area contributed by atoms with Gasteiger partial charge in [-0.05, 0) is 38.5 Å². The molecule has 0 aromatic rings. The van der Waals surface area contributed by atoms with Gasteiger partial charge in [-0.1, -0.05) is 51.3 Å². The molecule has 2 amide bonds. The summed E-state index contributed by atoms with van der Waals surface area (Å²) in [6.07, 6.45) is 6.28. The van der Waals surface area contributed by atoms with Crippen molar-refractivity contribution in [2.45, 2.75) is 63.9 Å². The molecule has 8 heteroatoms. The van der Waals surface area contributed by atoms with E-state index in [2.05, 4.69) is 50.6 Å². The fraction of sp³-hybridized carbons (Fsp3) is 0.750. The number of hydrogen-bond acceptors (Lipinski definition) is 3. The maximum atomic E-state index is 12.7. The number of carbonyl (C=O) groups is 2. The first-order valence-corrected chi connectivity index (χ1v) is 11.3. The van der Waals surface area contributed by atoms with Crippen LogP contribution in [0.1, 0.15) is 38.5 Å². The van der Waals surface area contributed by atoms with Gasteiger partial charge in [-0.15, -0.1) is 11.6 Å². The van der Waals surface area contributed by atoms with Gasteiger partial charge >= 0.3 is 0 Å². The molecule has 0 aromatic carbocycles. The maximum Gasteiger partial charge on any atom is 0.277 e. The van der Waals surface area contributed by atoms with Crippen LogP contribution >= 0.6 is 56.8 Å². The minimum absolute atomic E-state index is 0.0216. The quantitative estimate of drug-likeness (QED) is 0.229. The lowest BCUT2D eigenvalue weighted by atomic mass is 9.85. The highest BCUT2D eigenvalue weighted by molar-refractivity contribution is 14.1. The molecule has 1 saturated heterocycles. The molecule has 134 valence electrons. The second-order valence-corrected chi connectivity index (χ2v) is 10.8. The summed E-state index contributed by atoms with van der Waals surface area (Å²) in [5.74, 6) is -0.752. The second-order valence-electron chi connectivity index (χ2n) is 6.84. The zero-order valence-corrected chi connectivity index (χ0v) is 18.2. The van der Waals surface area contributed by atoms with Gasteiger partial charge in [-0.25, -0.2) is 5.01 Å². The first-order chi connectivity index (χ1) is 11.4. The lowest BCUT2D eigenvalue weighted by Gasteiger charge is -2.33. The van der Waals surface area contributed by atoms with Crippen LogP contribution in [0.25, 0.3) is 0 Å². The molecule has 4 atom stereocenters. The Morgan fingerprint density at radius 3 is 2.50 bits per heavy atom. The van der Waals surface area contributed by atoms with Gasteiger partial charge < -0.3 is 5.11 Å². The van der Waals surface area contributed by atoms with Crippen molar-refractivity contribution in [1.82, 2.24) is 10.4 Å². The summed E-state index contributed by atoms with van der Waals surface area (Å²) in [4.78, 5) is 25.0. The van der Waals surface area contributed by atoms with Gasteiger partial charge in [0.2, 0.25) is 0 Å². The van der Waals surface area contributed by atoms with Gasteiger partial charge in [0.1, 0.15) is 5.57 Å². The molecule has 3 fully saturated rings. The third kappa shape index (κ3) is 4.03. The summed E-state index contributed by atoms with van der Waals surface area (Å²) in [7, 11) is 0. The van der Waals surface area contributed by atoms with Crippen LogP contribution in [0.4, 0.5) is 0 Å². The summed E-state index contributed by atoms with van der Waals surface area (Å²) < 4.78 is 0.596. The van der Waals surface area contributed by atoms with Crippen molar-refractivity contribution in [2.24, 2.45) is 5.92 Å². The molecule has 3 aliphatic rings. The Morgan fingerprint density at radius 1 is 1.17 bits per heavy atom. The number of aliphatic hydroxyl groups excluding tert-OH is 1. The predicted molar refractivity (Wildman–Crippen MR) is 109 cm³/mol. The summed E-state index contributed by atoms with van der Waals surface area (Å²) >= 11 is 10.8. The number of nitrogens with zero attached hydrogens (tertiary/aromatic N) is 1. The number of nitrogens with one attached hydrogen (secondary N) is 1. The Bertz CT molecular complexity index is 551. The zero-order chi connectivity index (χ0) is 17.4. The SMILES string of the molecule is O=C1NN(C2CCC(Cl)CC2)C(=O)/C1=C/C1CC(I)CC(I)C1O. The minimum atomic E-state index is -0.509. The molecule has 1 heterocycles. The Hall–Kier alpha value is 0.390. The van der Waals surface area contributed by atoms with E-state index in [4.69, 9.17) is 11.6 Å². The summed E-state index contributed by atoms with van der Waals surface area (Å²) in [5, 5.41) is 12.1. The molecule has 0 aromatic heterocycles. The topological polar surface area (TPSA) is 69.6 Å². The predicted octanol–water partition coefficient (Wildman–Crippen LogP) is 2.71. The van der Waals surface area contributed by atoms with Crippen molar-refractivity contribution in [2.75, 3.05) is 0 Å². The third-order valence-electron chi connectivity index (χ3n) is 5.11. The first-order valence-electron chi connectivity index (χ1n) is 8.33. The number of alkyl halides is 3. The number of hydrazine groups is 1. The fourth-order valence-corrected chi connectivity index (χ4v) is 7.22. The van der Waals surface area contributed by atoms with E-state index in [1.54, 1.807) is 6.08 Å². The van der Waals surface area contributed by atoms with Crippen LogP contribution in [0, 0.1) is 5.92 Å². The smallest absolute Gasteiger partial charge is 0.277 e. The lowest BCUT2D eigenvalue weighted by molar-refractivity contribution is -0.131. The highest BCUT2D eigenvalue weighted by Crippen LogP contribution is 2.36. The van der Waals surface area contributed by atoms with Gasteiger partial charge in [-0.3, -0.25) is 15.0 Å². The molecular formula is C16H21ClI2N2O3. The highest BCUT2D eigenvalue weighted by atomic mass is 127. The van der Waals surface area contributed by atoms with Gasteiger partial charge in [0.25, 0.3) is 11.8 Å². The largest absolute Gasteiger partial charge is 0.391 e. The van der Waals surface area contributed by atoms with E-state index in [0.717, 1.165) is 38.5 Å². The second kappa shape index (κ2) is 7.96. The summed E-state index contributed by atoms with van der Waals surface area (Å²) in [5.41, 5.74) is 2.89.